The highest BCUT2D eigenvalue weighted by molar-refractivity contribution is 7.99. The first-order valence-electron chi connectivity index (χ1n) is 8.29. The maximum Gasteiger partial charge on any atom is 0.234 e. The van der Waals surface area contributed by atoms with Crippen LogP contribution in [0.1, 0.15) is 6.92 Å². The molecule has 0 saturated heterocycles. The van der Waals surface area contributed by atoms with Gasteiger partial charge in [-0.05, 0) is 31.2 Å². The zero-order valence-corrected chi connectivity index (χ0v) is 15.7. The number of nitrogens with one attached hydrogen (secondary N) is 1. The molecule has 10 heteroatoms. The molecule has 146 valence electrons. The number of hydrogen-bond donors (Lipinski definition) is 2. The van der Waals surface area contributed by atoms with E-state index in [2.05, 4.69) is 15.5 Å². The second-order valence-electron chi connectivity index (χ2n) is 5.60. The molecule has 0 aliphatic heterocycles. The molecule has 0 bridgehead atoms. The number of hydrogen-bond acceptors (Lipinski definition) is 6. The van der Waals surface area contributed by atoms with Gasteiger partial charge in [-0.2, -0.15) is 0 Å². The van der Waals surface area contributed by atoms with Crippen LogP contribution in [0, 0.1) is 11.6 Å². The number of anilines is 1. The summed E-state index contributed by atoms with van der Waals surface area (Å²) in [7, 11) is 0. The second kappa shape index (κ2) is 8.70. The molecule has 0 fully saturated rings. The normalized spacial score (nSPS) is 10.7. The number of halogens is 2. The Bertz CT molecular complexity index is 996. The number of ether oxygens (including phenoxy) is 1. The summed E-state index contributed by atoms with van der Waals surface area (Å²) in [6.45, 7) is 2.42. The van der Waals surface area contributed by atoms with Crippen LogP contribution in [0.15, 0.2) is 47.6 Å². The number of nitrogens with zero attached hydrogens (tertiary/aromatic N) is 3. The molecule has 0 aliphatic carbocycles. The van der Waals surface area contributed by atoms with Crippen LogP contribution in [0.3, 0.4) is 0 Å². The average Bonchev–Trinajstić information content (AvgIpc) is 3.04. The summed E-state index contributed by atoms with van der Waals surface area (Å²) in [5.41, 5.74) is 0.881. The minimum absolute atomic E-state index is 0.0344. The van der Waals surface area contributed by atoms with E-state index in [4.69, 9.17) is 10.6 Å². The highest BCUT2D eigenvalue weighted by Crippen LogP contribution is 2.25. The van der Waals surface area contributed by atoms with Crippen LogP contribution in [-0.4, -0.2) is 33.1 Å². The summed E-state index contributed by atoms with van der Waals surface area (Å²) in [5, 5.41) is 10.9. The molecule has 1 amide bonds. The van der Waals surface area contributed by atoms with Gasteiger partial charge in [-0.3, -0.25) is 4.79 Å². The fourth-order valence-electron chi connectivity index (χ4n) is 2.37. The highest BCUT2D eigenvalue weighted by atomic mass is 32.2. The quantitative estimate of drug-likeness (QED) is 0.463. The van der Waals surface area contributed by atoms with Crippen LogP contribution in [0.2, 0.25) is 0 Å². The lowest BCUT2D eigenvalue weighted by Gasteiger charge is -2.07. The van der Waals surface area contributed by atoms with Gasteiger partial charge in [-0.1, -0.05) is 23.9 Å². The Labute approximate surface area is 163 Å². The summed E-state index contributed by atoms with van der Waals surface area (Å²) in [6.07, 6.45) is 0. The SMILES string of the molecule is CCOc1cccc(-c2nnc(SCC(=O)Nc3ccc(F)c(F)c3)n2N)c1. The maximum atomic E-state index is 13.2. The average molecular weight is 405 g/mol. The minimum atomic E-state index is -1.04. The van der Waals surface area contributed by atoms with Crippen LogP contribution < -0.4 is 15.9 Å². The third-order valence-corrected chi connectivity index (χ3v) is 4.55. The molecule has 1 aromatic heterocycles. The summed E-state index contributed by atoms with van der Waals surface area (Å²) in [4.78, 5) is 12.0. The van der Waals surface area contributed by atoms with Gasteiger partial charge in [0.1, 0.15) is 5.75 Å². The van der Waals surface area contributed by atoms with E-state index in [1.54, 1.807) is 6.07 Å². The van der Waals surface area contributed by atoms with Gasteiger partial charge in [-0.25, -0.2) is 13.5 Å². The second-order valence-corrected chi connectivity index (χ2v) is 6.55. The molecule has 0 saturated carbocycles. The smallest absolute Gasteiger partial charge is 0.234 e. The Balaban J connectivity index is 1.65. The number of nitrogens with two attached hydrogens (primary N) is 1. The molecule has 2 aromatic carbocycles. The molecule has 0 atom stereocenters. The van der Waals surface area contributed by atoms with Crippen molar-refractivity contribution in [2.45, 2.75) is 12.1 Å². The van der Waals surface area contributed by atoms with Gasteiger partial charge in [0.05, 0.1) is 12.4 Å². The van der Waals surface area contributed by atoms with E-state index >= 15 is 0 Å². The number of nitrogen functional groups attached to an aromatic ring is 1. The van der Waals surface area contributed by atoms with E-state index in [1.807, 2.05) is 25.1 Å². The van der Waals surface area contributed by atoms with E-state index in [9.17, 15) is 13.6 Å². The summed E-state index contributed by atoms with van der Waals surface area (Å²) < 4.78 is 32.9. The molecular weight excluding hydrogens is 388 g/mol. The highest BCUT2D eigenvalue weighted by Gasteiger charge is 2.15. The van der Waals surface area contributed by atoms with Crippen molar-refractivity contribution in [1.29, 1.82) is 0 Å². The zero-order valence-electron chi connectivity index (χ0n) is 14.9. The van der Waals surface area contributed by atoms with Gasteiger partial charge in [-0.15, -0.1) is 10.2 Å². The number of carbonyl (C=O) groups excluding carboxylic acids is 1. The van der Waals surface area contributed by atoms with Crippen molar-refractivity contribution < 1.29 is 18.3 Å². The fraction of sp³-hybridized carbons (Fsp3) is 0.167. The molecule has 3 N–H and O–H groups in total. The van der Waals surface area contributed by atoms with Gasteiger partial charge in [0.25, 0.3) is 0 Å². The van der Waals surface area contributed by atoms with Crippen molar-refractivity contribution >= 4 is 23.4 Å². The standard InChI is InChI=1S/C18H17F2N5O2S/c1-2-27-13-5-3-4-11(8-13)17-23-24-18(25(17)21)28-10-16(26)22-12-6-7-14(19)15(20)9-12/h3-9H,2,10,21H2,1H3,(H,22,26). The first-order chi connectivity index (χ1) is 13.5. The van der Waals surface area contributed by atoms with Gasteiger partial charge < -0.3 is 15.9 Å². The van der Waals surface area contributed by atoms with Gasteiger partial charge in [0.15, 0.2) is 17.5 Å². The third kappa shape index (κ3) is 4.58. The van der Waals surface area contributed by atoms with Crippen molar-refractivity contribution in [2.75, 3.05) is 23.5 Å². The Morgan fingerprint density at radius 2 is 2.04 bits per heavy atom. The predicted octanol–water partition coefficient (Wildman–Crippen LogP) is 3.07. The van der Waals surface area contributed by atoms with Crippen molar-refractivity contribution in [2.24, 2.45) is 0 Å². The van der Waals surface area contributed by atoms with E-state index in [0.717, 1.165) is 29.5 Å². The summed E-state index contributed by atoms with van der Waals surface area (Å²) >= 11 is 1.06. The molecule has 28 heavy (non-hydrogen) atoms. The number of thioether (sulfide) groups is 1. The molecule has 0 aliphatic rings. The van der Waals surface area contributed by atoms with Crippen molar-refractivity contribution in [1.82, 2.24) is 14.9 Å². The monoisotopic (exact) mass is 405 g/mol. The number of rotatable bonds is 7. The van der Waals surface area contributed by atoms with Gasteiger partial charge in [0.2, 0.25) is 11.1 Å². The topological polar surface area (TPSA) is 95.1 Å². The lowest BCUT2D eigenvalue weighted by molar-refractivity contribution is -0.113. The number of carbonyl (C=O) groups is 1. The Morgan fingerprint density at radius 1 is 1.21 bits per heavy atom. The first kappa shape index (κ1) is 19.6. The first-order valence-corrected chi connectivity index (χ1v) is 9.28. The van der Waals surface area contributed by atoms with Crippen molar-refractivity contribution in [3.63, 3.8) is 0 Å². The Kier molecular flexibility index (Phi) is 6.09. The van der Waals surface area contributed by atoms with Crippen LogP contribution in [0.25, 0.3) is 11.4 Å². The third-order valence-electron chi connectivity index (χ3n) is 3.60. The minimum Gasteiger partial charge on any atom is -0.494 e. The number of amides is 1. The molecule has 3 rings (SSSR count). The Hall–Kier alpha value is -3.14. The maximum absolute atomic E-state index is 13.2. The van der Waals surface area contributed by atoms with Crippen molar-refractivity contribution in [3.8, 4) is 17.1 Å². The lowest BCUT2D eigenvalue weighted by atomic mass is 10.2. The number of aromatic nitrogens is 3. The van der Waals surface area contributed by atoms with Crippen molar-refractivity contribution in [3.05, 3.63) is 54.1 Å². The summed E-state index contributed by atoms with van der Waals surface area (Å²) in [5.74, 6) is 4.68. The summed E-state index contributed by atoms with van der Waals surface area (Å²) in [6, 6.07) is 10.4. The number of benzene rings is 2. The molecule has 1 heterocycles. The molecule has 7 nitrogen and oxygen atoms in total. The largest absolute Gasteiger partial charge is 0.494 e. The zero-order chi connectivity index (χ0) is 20.1. The van der Waals surface area contributed by atoms with Crippen LogP contribution in [0.5, 0.6) is 5.75 Å². The van der Waals surface area contributed by atoms with E-state index in [-0.39, 0.29) is 11.4 Å². The van der Waals surface area contributed by atoms with Crippen LogP contribution >= 0.6 is 11.8 Å². The van der Waals surface area contributed by atoms with Gasteiger partial charge in [0, 0.05) is 17.3 Å². The van der Waals surface area contributed by atoms with Gasteiger partial charge >= 0.3 is 0 Å². The molecule has 0 radical (unpaired) electrons. The fourth-order valence-corrected chi connectivity index (χ4v) is 3.02. The van der Waals surface area contributed by atoms with Crippen LogP contribution in [0.4, 0.5) is 14.5 Å². The molecular formula is C18H17F2N5O2S. The van der Waals surface area contributed by atoms with Crippen LogP contribution in [-0.2, 0) is 4.79 Å². The molecule has 3 aromatic rings. The Morgan fingerprint density at radius 3 is 2.79 bits per heavy atom. The van der Waals surface area contributed by atoms with E-state index < -0.39 is 17.5 Å². The van der Waals surface area contributed by atoms with E-state index in [1.165, 1.54) is 10.7 Å². The molecule has 0 spiro atoms. The lowest BCUT2D eigenvalue weighted by Crippen LogP contribution is -2.16. The molecule has 0 unspecified atom stereocenters. The predicted molar refractivity (Wildman–Crippen MR) is 102 cm³/mol. The van der Waals surface area contributed by atoms with E-state index in [0.29, 0.717) is 23.3 Å².